The predicted octanol–water partition coefficient (Wildman–Crippen LogP) is 6.07. The second-order valence-electron chi connectivity index (χ2n) is 6.26. The lowest BCUT2D eigenvalue weighted by Crippen LogP contribution is -2.29. The molecule has 0 amide bonds. The van der Waals surface area contributed by atoms with Crippen LogP contribution in [0.25, 0.3) is 0 Å². The van der Waals surface area contributed by atoms with Crippen LogP contribution in [0, 0.1) is 0 Å². The molecule has 0 spiro atoms. The topological polar surface area (TPSA) is 24.1 Å². The van der Waals surface area contributed by atoms with E-state index in [4.69, 9.17) is 12.2 Å². The van der Waals surface area contributed by atoms with Gasteiger partial charge in [-0.1, -0.05) is 77.3 Å². The van der Waals surface area contributed by atoms with Crippen molar-refractivity contribution in [2.75, 3.05) is 11.9 Å². The van der Waals surface area contributed by atoms with Crippen molar-refractivity contribution in [1.29, 1.82) is 0 Å². The van der Waals surface area contributed by atoms with E-state index in [9.17, 15) is 0 Å². The summed E-state index contributed by atoms with van der Waals surface area (Å²) in [6.07, 6.45) is 13.3. The summed E-state index contributed by atoms with van der Waals surface area (Å²) in [7, 11) is 0. The molecule has 1 aromatic rings. The molecule has 0 unspecified atom stereocenters. The average molecular weight is 335 g/mol. The fourth-order valence-electron chi connectivity index (χ4n) is 2.64. The molecule has 0 saturated heterocycles. The molecule has 2 N–H and O–H groups in total. The van der Waals surface area contributed by atoms with Crippen LogP contribution in [0.15, 0.2) is 24.3 Å². The maximum atomic E-state index is 5.34. The molecule has 0 heterocycles. The van der Waals surface area contributed by atoms with Gasteiger partial charge in [0.25, 0.3) is 0 Å². The van der Waals surface area contributed by atoms with E-state index in [0.29, 0.717) is 0 Å². The highest BCUT2D eigenvalue weighted by molar-refractivity contribution is 7.80. The van der Waals surface area contributed by atoms with Gasteiger partial charge >= 0.3 is 0 Å². The highest BCUT2D eigenvalue weighted by Crippen LogP contribution is 2.10. The molecule has 23 heavy (non-hydrogen) atoms. The van der Waals surface area contributed by atoms with Gasteiger partial charge < -0.3 is 10.6 Å². The molecule has 130 valence electrons. The number of thiocarbonyl (C=S) groups is 1. The molecule has 0 bridgehead atoms. The third kappa shape index (κ3) is 10.3. The van der Waals surface area contributed by atoms with Crippen molar-refractivity contribution in [1.82, 2.24) is 5.32 Å². The van der Waals surface area contributed by atoms with E-state index in [-0.39, 0.29) is 0 Å². The van der Waals surface area contributed by atoms with Gasteiger partial charge in [0.2, 0.25) is 0 Å². The lowest BCUT2D eigenvalue weighted by molar-refractivity contribution is 0.563. The van der Waals surface area contributed by atoms with Gasteiger partial charge in [-0.05, 0) is 42.8 Å². The number of hydrogen-bond donors (Lipinski definition) is 2. The largest absolute Gasteiger partial charge is 0.362 e. The highest BCUT2D eigenvalue weighted by atomic mass is 32.1. The van der Waals surface area contributed by atoms with Crippen LogP contribution >= 0.6 is 12.2 Å². The van der Waals surface area contributed by atoms with Crippen molar-refractivity contribution in [3.05, 3.63) is 29.8 Å². The van der Waals surface area contributed by atoms with Gasteiger partial charge in [0.15, 0.2) is 5.11 Å². The minimum Gasteiger partial charge on any atom is -0.362 e. The second kappa shape index (κ2) is 13.4. The van der Waals surface area contributed by atoms with Gasteiger partial charge in [-0.2, -0.15) is 0 Å². The first-order valence-electron chi connectivity index (χ1n) is 9.40. The fraction of sp³-hybridized carbons (Fsp3) is 0.650. The molecule has 1 aromatic carbocycles. The first-order chi connectivity index (χ1) is 11.3. The molecule has 0 atom stereocenters. The number of hydrogen-bond acceptors (Lipinski definition) is 1. The molecule has 0 aliphatic rings. The maximum Gasteiger partial charge on any atom is 0.170 e. The number of benzene rings is 1. The minimum atomic E-state index is 0.730. The molecule has 0 aromatic heterocycles. The zero-order valence-corrected chi connectivity index (χ0v) is 15.8. The third-order valence-electron chi connectivity index (χ3n) is 4.19. The van der Waals surface area contributed by atoms with Gasteiger partial charge in [-0.3, -0.25) is 0 Å². The van der Waals surface area contributed by atoms with Crippen molar-refractivity contribution in [3.8, 4) is 0 Å². The van der Waals surface area contributed by atoms with Crippen molar-refractivity contribution >= 4 is 23.0 Å². The molecule has 3 heteroatoms. The maximum absolute atomic E-state index is 5.34. The fourth-order valence-corrected chi connectivity index (χ4v) is 2.86. The van der Waals surface area contributed by atoms with Gasteiger partial charge in [0.1, 0.15) is 0 Å². The lowest BCUT2D eigenvalue weighted by Gasteiger charge is -2.11. The normalized spacial score (nSPS) is 10.5. The summed E-state index contributed by atoms with van der Waals surface area (Å²) in [4.78, 5) is 0. The molecule has 0 saturated carbocycles. The van der Waals surface area contributed by atoms with Crippen LogP contribution < -0.4 is 10.6 Å². The molecular weight excluding hydrogens is 300 g/mol. The predicted molar refractivity (Wildman–Crippen MR) is 107 cm³/mol. The van der Waals surface area contributed by atoms with E-state index in [1.165, 1.54) is 63.4 Å². The molecule has 0 fully saturated rings. The summed E-state index contributed by atoms with van der Waals surface area (Å²) in [5, 5.41) is 7.27. The lowest BCUT2D eigenvalue weighted by atomic mass is 10.1. The van der Waals surface area contributed by atoms with Crippen LogP contribution in [-0.4, -0.2) is 11.7 Å². The Morgan fingerprint density at radius 1 is 0.826 bits per heavy atom. The third-order valence-corrected chi connectivity index (χ3v) is 4.43. The van der Waals surface area contributed by atoms with E-state index in [2.05, 4.69) is 48.7 Å². The molecule has 0 aliphatic carbocycles. The number of unbranched alkanes of at least 4 members (excludes halogenated alkanes) is 8. The van der Waals surface area contributed by atoms with Crippen LogP contribution in [0.4, 0.5) is 5.69 Å². The molecular formula is C20H34N2S. The van der Waals surface area contributed by atoms with E-state index in [1.807, 2.05) is 0 Å². The zero-order chi connectivity index (χ0) is 16.8. The molecule has 0 aliphatic heterocycles. The molecule has 0 radical (unpaired) electrons. The number of rotatable bonds is 12. The minimum absolute atomic E-state index is 0.730. The Balaban J connectivity index is 1.97. The van der Waals surface area contributed by atoms with Gasteiger partial charge in [0.05, 0.1) is 0 Å². The SMILES string of the molecule is CCCCCCCCCCCNC(=S)Nc1ccc(CC)cc1. The van der Waals surface area contributed by atoms with E-state index in [1.54, 1.807) is 0 Å². The van der Waals surface area contributed by atoms with Gasteiger partial charge in [-0.25, -0.2) is 0 Å². The average Bonchev–Trinajstić information content (AvgIpc) is 2.57. The Morgan fingerprint density at radius 3 is 1.96 bits per heavy atom. The zero-order valence-electron chi connectivity index (χ0n) is 15.0. The summed E-state index contributed by atoms with van der Waals surface area (Å²) < 4.78 is 0. The van der Waals surface area contributed by atoms with E-state index in [0.717, 1.165) is 23.8 Å². The smallest absolute Gasteiger partial charge is 0.170 e. The van der Waals surface area contributed by atoms with Crippen LogP contribution in [0.3, 0.4) is 0 Å². The summed E-state index contributed by atoms with van der Waals surface area (Å²) in [5.41, 5.74) is 2.41. The number of anilines is 1. The van der Waals surface area contributed by atoms with Crippen LogP contribution in [-0.2, 0) is 6.42 Å². The number of nitrogens with one attached hydrogen (secondary N) is 2. The Kier molecular flexibility index (Phi) is 11.6. The summed E-state index contributed by atoms with van der Waals surface area (Å²) in [6.45, 7) is 5.40. The standard InChI is InChI=1S/C20H34N2S/c1-3-5-6-7-8-9-10-11-12-17-21-20(23)22-19-15-13-18(4-2)14-16-19/h13-16H,3-12,17H2,1-2H3,(H2,21,22,23). The van der Waals surface area contributed by atoms with Crippen LogP contribution in [0.2, 0.25) is 0 Å². The Bertz CT molecular complexity index is 414. The Labute approximate surface area is 148 Å². The highest BCUT2D eigenvalue weighted by Gasteiger charge is 1.98. The van der Waals surface area contributed by atoms with Crippen molar-refractivity contribution in [3.63, 3.8) is 0 Å². The van der Waals surface area contributed by atoms with Crippen LogP contribution in [0.1, 0.15) is 77.2 Å². The summed E-state index contributed by atoms with van der Waals surface area (Å²) in [5.74, 6) is 0. The molecule has 1 rings (SSSR count). The summed E-state index contributed by atoms with van der Waals surface area (Å²) in [6, 6.07) is 8.47. The molecule has 2 nitrogen and oxygen atoms in total. The van der Waals surface area contributed by atoms with Crippen molar-refractivity contribution < 1.29 is 0 Å². The van der Waals surface area contributed by atoms with Crippen molar-refractivity contribution in [2.45, 2.75) is 78.1 Å². The van der Waals surface area contributed by atoms with Gasteiger partial charge in [0, 0.05) is 12.2 Å². The van der Waals surface area contributed by atoms with Crippen molar-refractivity contribution in [2.24, 2.45) is 0 Å². The first kappa shape index (κ1) is 20.0. The van der Waals surface area contributed by atoms with E-state index < -0.39 is 0 Å². The quantitative estimate of drug-likeness (QED) is 0.358. The first-order valence-corrected chi connectivity index (χ1v) is 9.81. The van der Waals surface area contributed by atoms with Gasteiger partial charge in [-0.15, -0.1) is 0 Å². The van der Waals surface area contributed by atoms with E-state index >= 15 is 0 Å². The van der Waals surface area contributed by atoms with Crippen LogP contribution in [0.5, 0.6) is 0 Å². The Morgan fingerprint density at radius 2 is 1.39 bits per heavy atom. The second-order valence-corrected chi connectivity index (χ2v) is 6.67. The summed E-state index contributed by atoms with van der Waals surface area (Å²) >= 11 is 5.34. The Hall–Kier alpha value is -1.09. The number of aryl methyl sites for hydroxylation is 1. The monoisotopic (exact) mass is 334 g/mol.